The number of nitrogens with two attached hydrogens (primary N) is 1. The number of amides is 1. The van der Waals surface area contributed by atoms with Crippen LogP contribution in [0.3, 0.4) is 0 Å². The van der Waals surface area contributed by atoms with Gasteiger partial charge in [0.15, 0.2) is 0 Å². The molecule has 0 aliphatic heterocycles. The Morgan fingerprint density at radius 2 is 1.78 bits per heavy atom. The third kappa shape index (κ3) is 5.28. The number of carbonyl (C=O) groups excluding carboxylic acids is 1. The molecule has 6 heteroatoms. The van der Waals surface area contributed by atoms with Crippen molar-refractivity contribution in [1.82, 2.24) is 5.32 Å². The van der Waals surface area contributed by atoms with Crippen molar-refractivity contribution in [3.8, 4) is 11.5 Å². The lowest BCUT2D eigenvalue weighted by molar-refractivity contribution is 0.0863. The van der Waals surface area contributed by atoms with Crippen molar-refractivity contribution >= 4 is 5.91 Å². The Bertz CT molecular complexity index is 771. The van der Waals surface area contributed by atoms with Gasteiger partial charge in [0.25, 0.3) is 5.91 Å². The summed E-state index contributed by atoms with van der Waals surface area (Å²) < 4.78 is 19.9. The van der Waals surface area contributed by atoms with Gasteiger partial charge >= 0.3 is 0 Å². The number of ether oxygens (including phenoxy) is 1. The third-order valence-corrected chi connectivity index (χ3v) is 4.81. The molecule has 0 bridgehead atoms. The van der Waals surface area contributed by atoms with Gasteiger partial charge in [-0.3, -0.25) is 4.79 Å². The van der Waals surface area contributed by atoms with Crippen LogP contribution in [0.2, 0.25) is 0 Å². The highest BCUT2D eigenvalue weighted by Gasteiger charge is 2.22. The van der Waals surface area contributed by atoms with E-state index < -0.39 is 11.7 Å². The van der Waals surface area contributed by atoms with Crippen LogP contribution in [0.1, 0.15) is 41.6 Å². The van der Waals surface area contributed by atoms with Gasteiger partial charge in [-0.1, -0.05) is 12.1 Å². The summed E-state index contributed by atoms with van der Waals surface area (Å²) in [7, 11) is 0. The fraction of sp³-hybridized carbons (Fsp3) is 0.381. The normalized spacial score (nSPS) is 19.5. The molecule has 1 fully saturated rings. The molecule has 3 rings (SSSR count). The predicted molar refractivity (Wildman–Crippen MR) is 101 cm³/mol. The lowest BCUT2D eigenvalue weighted by Gasteiger charge is -2.26. The number of carbonyl (C=O) groups is 1. The van der Waals surface area contributed by atoms with E-state index in [0.717, 1.165) is 12.0 Å². The largest absolute Gasteiger partial charge is 0.457 e. The Morgan fingerprint density at radius 3 is 2.44 bits per heavy atom. The van der Waals surface area contributed by atoms with E-state index in [1.54, 1.807) is 0 Å². The summed E-state index contributed by atoms with van der Waals surface area (Å²) in [5.74, 6) is -0.0474. The summed E-state index contributed by atoms with van der Waals surface area (Å²) in [6.45, 7) is 0.580. The number of nitrogens with one attached hydrogen (secondary N) is 1. The van der Waals surface area contributed by atoms with E-state index >= 15 is 0 Å². The fourth-order valence-corrected chi connectivity index (χ4v) is 3.25. The maximum Gasteiger partial charge on any atom is 0.254 e. The van der Waals surface area contributed by atoms with E-state index in [1.165, 1.54) is 18.2 Å². The zero-order chi connectivity index (χ0) is 19.2. The maximum absolute atomic E-state index is 14.1. The van der Waals surface area contributed by atoms with E-state index in [4.69, 9.17) is 10.5 Å². The molecule has 1 aliphatic rings. The van der Waals surface area contributed by atoms with Crippen molar-refractivity contribution in [2.75, 3.05) is 6.54 Å². The predicted octanol–water partition coefficient (Wildman–Crippen LogP) is 3.15. The fourth-order valence-electron chi connectivity index (χ4n) is 3.25. The van der Waals surface area contributed by atoms with Crippen LogP contribution in [0.25, 0.3) is 0 Å². The minimum Gasteiger partial charge on any atom is -0.457 e. The number of benzene rings is 2. The summed E-state index contributed by atoms with van der Waals surface area (Å²) in [4.78, 5) is 12.5. The molecule has 2 aromatic rings. The summed E-state index contributed by atoms with van der Waals surface area (Å²) in [5, 5.41) is 12.4. The van der Waals surface area contributed by atoms with Crippen molar-refractivity contribution < 1.29 is 19.0 Å². The Hall–Kier alpha value is -2.44. The number of aliphatic hydroxyl groups is 1. The SMILES string of the molecule is NCCc1ccc(Oc2ccc(F)c(C(=O)NC3CCC(O)CC3)c2)cc1. The highest BCUT2D eigenvalue weighted by molar-refractivity contribution is 5.95. The Balaban J connectivity index is 1.67. The minimum atomic E-state index is -0.589. The van der Waals surface area contributed by atoms with Crippen molar-refractivity contribution in [3.63, 3.8) is 0 Å². The van der Waals surface area contributed by atoms with Gasteiger partial charge in [-0.2, -0.15) is 0 Å². The second-order valence-electron chi connectivity index (χ2n) is 6.91. The summed E-state index contributed by atoms with van der Waals surface area (Å²) in [6.07, 6.45) is 3.18. The van der Waals surface area contributed by atoms with E-state index in [2.05, 4.69) is 5.32 Å². The Morgan fingerprint density at radius 1 is 1.11 bits per heavy atom. The van der Waals surface area contributed by atoms with Gasteiger partial charge in [0.2, 0.25) is 0 Å². The van der Waals surface area contributed by atoms with Crippen molar-refractivity contribution in [2.45, 2.75) is 44.2 Å². The average Bonchev–Trinajstić information content (AvgIpc) is 2.67. The van der Waals surface area contributed by atoms with Crippen LogP contribution >= 0.6 is 0 Å². The summed E-state index contributed by atoms with van der Waals surface area (Å²) >= 11 is 0. The molecule has 0 spiro atoms. The minimum absolute atomic E-state index is 0.0417. The molecule has 144 valence electrons. The number of hydrogen-bond donors (Lipinski definition) is 3. The molecule has 0 atom stereocenters. The number of aliphatic hydroxyl groups excluding tert-OH is 1. The average molecular weight is 372 g/mol. The van der Waals surface area contributed by atoms with Crippen molar-refractivity contribution in [1.29, 1.82) is 0 Å². The second kappa shape index (κ2) is 8.97. The molecule has 5 nitrogen and oxygen atoms in total. The number of rotatable bonds is 6. The molecule has 0 radical (unpaired) electrons. The standard InChI is InChI=1S/C21H25FN2O3/c22-20-10-9-18(27-17-7-1-14(2-8-17)11-12-23)13-19(20)21(26)24-15-3-5-16(25)6-4-15/h1-2,7-10,13,15-16,25H,3-6,11-12,23H2,(H,24,26). The van der Waals surface area contributed by atoms with Crippen molar-refractivity contribution in [3.05, 3.63) is 59.4 Å². The maximum atomic E-state index is 14.1. The molecule has 2 aromatic carbocycles. The van der Waals surface area contributed by atoms with E-state index in [9.17, 15) is 14.3 Å². The first-order valence-electron chi connectivity index (χ1n) is 9.30. The highest BCUT2D eigenvalue weighted by atomic mass is 19.1. The Kier molecular flexibility index (Phi) is 6.42. The molecule has 0 unspecified atom stereocenters. The van der Waals surface area contributed by atoms with Crippen LogP contribution in [-0.2, 0) is 6.42 Å². The van der Waals surface area contributed by atoms with E-state index in [1.807, 2.05) is 24.3 Å². The van der Waals surface area contributed by atoms with E-state index in [0.29, 0.717) is 43.7 Å². The van der Waals surface area contributed by atoms with Crippen LogP contribution in [0.15, 0.2) is 42.5 Å². The molecular weight excluding hydrogens is 347 g/mol. The first-order chi connectivity index (χ1) is 13.0. The van der Waals surface area contributed by atoms with Crippen LogP contribution in [0, 0.1) is 5.82 Å². The van der Waals surface area contributed by atoms with Crippen molar-refractivity contribution in [2.24, 2.45) is 5.73 Å². The molecule has 4 N–H and O–H groups in total. The van der Waals surface area contributed by atoms with Gasteiger partial charge < -0.3 is 20.9 Å². The van der Waals surface area contributed by atoms with Crippen LogP contribution in [-0.4, -0.2) is 29.7 Å². The monoisotopic (exact) mass is 372 g/mol. The lowest BCUT2D eigenvalue weighted by Crippen LogP contribution is -2.38. The molecule has 27 heavy (non-hydrogen) atoms. The lowest BCUT2D eigenvalue weighted by atomic mass is 9.93. The summed E-state index contributed by atoms with van der Waals surface area (Å²) in [5.41, 5.74) is 6.61. The summed E-state index contributed by atoms with van der Waals surface area (Å²) in [6, 6.07) is 11.6. The van der Waals surface area contributed by atoms with Gasteiger partial charge in [0.05, 0.1) is 11.7 Å². The quantitative estimate of drug-likeness (QED) is 0.727. The second-order valence-corrected chi connectivity index (χ2v) is 6.91. The van der Waals surface area contributed by atoms with Crippen LogP contribution in [0.5, 0.6) is 11.5 Å². The van der Waals surface area contributed by atoms with Crippen LogP contribution < -0.4 is 15.8 Å². The van der Waals surface area contributed by atoms with Gasteiger partial charge in [0, 0.05) is 6.04 Å². The van der Waals surface area contributed by atoms with Gasteiger partial charge in [-0.25, -0.2) is 4.39 Å². The van der Waals surface area contributed by atoms with Crippen LogP contribution in [0.4, 0.5) is 4.39 Å². The van der Waals surface area contributed by atoms with Gasteiger partial charge in [-0.05, 0) is 74.5 Å². The third-order valence-electron chi connectivity index (χ3n) is 4.81. The first kappa shape index (κ1) is 19.3. The van der Waals surface area contributed by atoms with Gasteiger partial charge in [0.1, 0.15) is 17.3 Å². The molecule has 0 aromatic heterocycles. The van der Waals surface area contributed by atoms with Gasteiger partial charge in [-0.15, -0.1) is 0 Å². The zero-order valence-electron chi connectivity index (χ0n) is 15.2. The molecule has 0 saturated heterocycles. The molecule has 0 heterocycles. The highest BCUT2D eigenvalue weighted by Crippen LogP contribution is 2.25. The smallest absolute Gasteiger partial charge is 0.254 e. The molecule has 1 saturated carbocycles. The van der Waals surface area contributed by atoms with E-state index in [-0.39, 0.29) is 17.7 Å². The molecular formula is C21H25FN2O3. The molecule has 1 aliphatic carbocycles. The first-order valence-corrected chi connectivity index (χ1v) is 9.30. The Labute approximate surface area is 158 Å². The molecule has 1 amide bonds. The number of halogens is 1. The number of hydrogen-bond acceptors (Lipinski definition) is 4. The topological polar surface area (TPSA) is 84.6 Å². The zero-order valence-corrected chi connectivity index (χ0v) is 15.2.